The fraction of sp³-hybridized carbons (Fsp3) is 0.625. The van der Waals surface area contributed by atoms with E-state index in [0.29, 0.717) is 6.04 Å². The molecule has 0 amide bonds. The van der Waals surface area contributed by atoms with Gasteiger partial charge in [0.05, 0.1) is 6.10 Å². The van der Waals surface area contributed by atoms with E-state index in [1.807, 2.05) is 0 Å². The van der Waals surface area contributed by atoms with E-state index in [9.17, 15) is 5.11 Å². The summed E-state index contributed by atoms with van der Waals surface area (Å²) in [5.74, 6) is 0. The van der Waals surface area contributed by atoms with Crippen LogP contribution in [0, 0.1) is 0 Å². The Morgan fingerprint density at radius 1 is 1.26 bits per heavy atom. The topological polar surface area (TPSA) is 35.5 Å². The van der Waals surface area contributed by atoms with Crippen LogP contribution in [0.4, 0.5) is 0 Å². The molecule has 0 aromatic heterocycles. The van der Waals surface area contributed by atoms with Crippen LogP contribution in [0.2, 0.25) is 0 Å². The molecule has 0 radical (unpaired) electrons. The molecule has 0 aliphatic heterocycles. The molecule has 2 N–H and O–H groups in total. The molecule has 1 fully saturated rings. The molecule has 0 bridgehead atoms. The van der Waals surface area contributed by atoms with Gasteiger partial charge >= 0.3 is 0 Å². The lowest BCUT2D eigenvalue weighted by Crippen LogP contribution is -2.37. The molecule has 0 spiro atoms. The summed E-state index contributed by atoms with van der Waals surface area (Å²) in [5.41, 5.74) is 1.36. The highest BCUT2D eigenvalue weighted by atomic mass is 16.3. The van der Waals surface area contributed by atoms with Gasteiger partial charge in [-0.25, -0.2) is 0 Å². The normalized spacial score (nSPS) is 23.1. The molecule has 1 aromatic rings. The first-order valence-electron chi connectivity index (χ1n) is 7.39. The van der Waals surface area contributed by atoms with Crippen LogP contribution in [-0.4, -0.2) is 42.3 Å². The molecule has 19 heavy (non-hydrogen) atoms. The van der Waals surface area contributed by atoms with Gasteiger partial charge in [0, 0.05) is 12.6 Å². The number of nitrogens with zero attached hydrogens (tertiary/aromatic N) is 1. The predicted octanol–water partition coefficient (Wildman–Crippen LogP) is 2.01. The summed E-state index contributed by atoms with van der Waals surface area (Å²) in [6, 6.07) is 10.9. The SMILES string of the molecule is CN(CCCN[C@H]1CCC[C@@H]1O)Cc1ccccc1. The minimum atomic E-state index is -0.123. The van der Waals surface area contributed by atoms with Crippen molar-refractivity contribution < 1.29 is 5.11 Å². The van der Waals surface area contributed by atoms with Crippen molar-refractivity contribution in [3.63, 3.8) is 0 Å². The van der Waals surface area contributed by atoms with Crippen molar-refractivity contribution in [3.05, 3.63) is 35.9 Å². The zero-order valence-corrected chi connectivity index (χ0v) is 11.9. The second-order valence-corrected chi connectivity index (χ2v) is 5.64. The van der Waals surface area contributed by atoms with Gasteiger partial charge in [0.25, 0.3) is 0 Å². The number of aliphatic hydroxyl groups excluding tert-OH is 1. The third kappa shape index (κ3) is 4.94. The van der Waals surface area contributed by atoms with E-state index in [-0.39, 0.29) is 6.10 Å². The molecule has 1 aliphatic rings. The van der Waals surface area contributed by atoms with Crippen LogP contribution in [0.1, 0.15) is 31.2 Å². The molecule has 0 unspecified atom stereocenters. The lowest BCUT2D eigenvalue weighted by Gasteiger charge is -2.19. The van der Waals surface area contributed by atoms with E-state index in [4.69, 9.17) is 0 Å². The summed E-state index contributed by atoms with van der Waals surface area (Å²) in [7, 11) is 2.16. The van der Waals surface area contributed by atoms with E-state index in [1.165, 1.54) is 5.56 Å². The van der Waals surface area contributed by atoms with E-state index >= 15 is 0 Å². The summed E-state index contributed by atoms with van der Waals surface area (Å²) >= 11 is 0. The molecule has 106 valence electrons. The number of benzene rings is 1. The third-order valence-electron chi connectivity index (χ3n) is 3.90. The van der Waals surface area contributed by atoms with E-state index < -0.39 is 0 Å². The van der Waals surface area contributed by atoms with Crippen molar-refractivity contribution in [2.45, 2.75) is 44.4 Å². The first-order chi connectivity index (χ1) is 9.25. The Hall–Kier alpha value is -0.900. The maximum Gasteiger partial charge on any atom is 0.0693 e. The van der Waals surface area contributed by atoms with E-state index in [0.717, 1.165) is 45.3 Å². The fourth-order valence-electron chi connectivity index (χ4n) is 2.79. The molecule has 2 rings (SSSR count). The predicted molar refractivity (Wildman–Crippen MR) is 79.0 cm³/mol. The molecule has 3 heteroatoms. The van der Waals surface area contributed by atoms with Gasteiger partial charge in [-0.15, -0.1) is 0 Å². The Morgan fingerprint density at radius 2 is 2.05 bits per heavy atom. The lowest BCUT2D eigenvalue weighted by molar-refractivity contribution is 0.148. The van der Waals surface area contributed by atoms with Crippen LogP contribution >= 0.6 is 0 Å². The van der Waals surface area contributed by atoms with E-state index in [2.05, 4.69) is 47.6 Å². The Balaban J connectivity index is 1.58. The molecule has 2 atom stereocenters. The highest BCUT2D eigenvalue weighted by Crippen LogP contribution is 2.18. The second kappa shape index (κ2) is 7.63. The first-order valence-corrected chi connectivity index (χ1v) is 7.39. The van der Waals surface area contributed by atoms with Gasteiger partial charge in [0.1, 0.15) is 0 Å². The summed E-state index contributed by atoms with van der Waals surface area (Å²) < 4.78 is 0. The average molecular weight is 262 g/mol. The van der Waals surface area contributed by atoms with Crippen LogP contribution in [0.3, 0.4) is 0 Å². The molecular weight excluding hydrogens is 236 g/mol. The number of nitrogens with one attached hydrogen (secondary N) is 1. The Labute approximate surface area is 116 Å². The zero-order chi connectivity index (χ0) is 13.5. The van der Waals surface area contributed by atoms with Gasteiger partial charge in [-0.3, -0.25) is 0 Å². The van der Waals surface area contributed by atoms with Gasteiger partial charge < -0.3 is 15.3 Å². The first kappa shape index (κ1) is 14.5. The number of hydrogen-bond acceptors (Lipinski definition) is 3. The largest absolute Gasteiger partial charge is 0.392 e. The minimum Gasteiger partial charge on any atom is -0.392 e. The number of aliphatic hydroxyl groups is 1. The van der Waals surface area contributed by atoms with Gasteiger partial charge in [0.15, 0.2) is 0 Å². The maximum absolute atomic E-state index is 9.72. The van der Waals surface area contributed by atoms with Crippen LogP contribution in [-0.2, 0) is 6.54 Å². The van der Waals surface area contributed by atoms with Crippen molar-refractivity contribution in [2.75, 3.05) is 20.1 Å². The molecule has 0 saturated heterocycles. The van der Waals surface area contributed by atoms with Crippen molar-refractivity contribution in [1.82, 2.24) is 10.2 Å². The molecule has 1 aromatic carbocycles. The number of rotatable bonds is 7. The van der Waals surface area contributed by atoms with Crippen LogP contribution in [0.15, 0.2) is 30.3 Å². The summed E-state index contributed by atoms with van der Waals surface area (Å²) in [5, 5.41) is 13.2. The van der Waals surface area contributed by atoms with Crippen molar-refractivity contribution in [2.24, 2.45) is 0 Å². The Kier molecular flexibility index (Phi) is 5.83. The average Bonchev–Trinajstić information content (AvgIpc) is 2.81. The maximum atomic E-state index is 9.72. The standard InChI is InChI=1S/C16H26N2O/c1-18(13-14-7-3-2-4-8-14)12-6-11-17-15-9-5-10-16(15)19/h2-4,7-8,15-17,19H,5-6,9-13H2,1H3/t15-,16-/m0/s1. The summed E-state index contributed by atoms with van der Waals surface area (Å²) in [4.78, 5) is 2.35. The molecule has 1 saturated carbocycles. The molecule has 3 nitrogen and oxygen atoms in total. The molecular formula is C16H26N2O. The second-order valence-electron chi connectivity index (χ2n) is 5.64. The fourth-order valence-corrected chi connectivity index (χ4v) is 2.79. The van der Waals surface area contributed by atoms with Crippen LogP contribution in [0.5, 0.6) is 0 Å². The van der Waals surface area contributed by atoms with Gasteiger partial charge in [0.2, 0.25) is 0 Å². The molecule has 1 aliphatic carbocycles. The monoisotopic (exact) mass is 262 g/mol. The quantitative estimate of drug-likeness (QED) is 0.738. The lowest BCUT2D eigenvalue weighted by atomic mass is 10.2. The van der Waals surface area contributed by atoms with Gasteiger partial charge in [-0.1, -0.05) is 30.3 Å². The van der Waals surface area contributed by atoms with E-state index in [1.54, 1.807) is 0 Å². The van der Waals surface area contributed by atoms with Crippen molar-refractivity contribution >= 4 is 0 Å². The third-order valence-corrected chi connectivity index (χ3v) is 3.90. The van der Waals surface area contributed by atoms with Crippen molar-refractivity contribution in [3.8, 4) is 0 Å². The van der Waals surface area contributed by atoms with Crippen molar-refractivity contribution in [1.29, 1.82) is 0 Å². The zero-order valence-electron chi connectivity index (χ0n) is 11.9. The van der Waals surface area contributed by atoms with Gasteiger partial charge in [-0.2, -0.15) is 0 Å². The Morgan fingerprint density at radius 3 is 2.74 bits per heavy atom. The summed E-state index contributed by atoms with van der Waals surface area (Å²) in [6.45, 7) is 3.10. The Bertz CT molecular complexity index is 355. The number of hydrogen-bond donors (Lipinski definition) is 2. The highest BCUT2D eigenvalue weighted by molar-refractivity contribution is 5.14. The molecule has 0 heterocycles. The minimum absolute atomic E-state index is 0.123. The smallest absolute Gasteiger partial charge is 0.0693 e. The van der Waals surface area contributed by atoms with Crippen LogP contribution < -0.4 is 5.32 Å². The van der Waals surface area contributed by atoms with Crippen LogP contribution in [0.25, 0.3) is 0 Å². The van der Waals surface area contributed by atoms with Gasteiger partial charge in [-0.05, 0) is 51.4 Å². The highest BCUT2D eigenvalue weighted by Gasteiger charge is 2.23. The summed E-state index contributed by atoms with van der Waals surface area (Å²) in [6.07, 6.45) is 4.26.